The van der Waals surface area contributed by atoms with Gasteiger partial charge in [-0.05, 0) is 30.9 Å². The van der Waals surface area contributed by atoms with Crippen molar-refractivity contribution in [1.29, 1.82) is 0 Å². The van der Waals surface area contributed by atoms with E-state index in [1.165, 1.54) is 30.0 Å². The number of hydrogen-bond acceptors (Lipinski definition) is 4. The summed E-state index contributed by atoms with van der Waals surface area (Å²) in [5.74, 6) is -0.151. The van der Waals surface area contributed by atoms with Crippen LogP contribution in [0.3, 0.4) is 0 Å². The second kappa shape index (κ2) is 7.68. The second-order valence-electron chi connectivity index (χ2n) is 6.80. The second-order valence-corrected chi connectivity index (χ2v) is 6.80. The Hall–Kier alpha value is -2.37. The lowest BCUT2D eigenvalue weighted by molar-refractivity contribution is -0.130. The molecule has 6 heteroatoms. The molecule has 1 aromatic carbocycles. The first kappa shape index (κ1) is 17.5. The smallest absolute Gasteiger partial charge is 0.270 e. The minimum atomic E-state index is -0.104. The SMILES string of the molecule is CN(Cc1ccccc1N1CCCCC1)C(=O)C1=NN(C)C(=O)CC1. The molecule has 2 amide bonds. The quantitative estimate of drug-likeness (QED) is 0.843. The maximum atomic E-state index is 12.7. The molecule has 2 aliphatic rings. The summed E-state index contributed by atoms with van der Waals surface area (Å²) >= 11 is 0. The maximum absolute atomic E-state index is 12.7. The lowest BCUT2D eigenvalue weighted by atomic mass is 10.1. The zero-order valence-corrected chi connectivity index (χ0v) is 15.1. The van der Waals surface area contributed by atoms with Crippen LogP contribution in [0.5, 0.6) is 0 Å². The highest BCUT2D eigenvalue weighted by Crippen LogP contribution is 2.25. The first-order valence-corrected chi connectivity index (χ1v) is 8.98. The molecule has 0 atom stereocenters. The van der Waals surface area contributed by atoms with Gasteiger partial charge in [0.15, 0.2) is 0 Å². The molecule has 1 fully saturated rings. The first-order valence-electron chi connectivity index (χ1n) is 8.98. The summed E-state index contributed by atoms with van der Waals surface area (Å²) in [7, 11) is 3.40. The lowest BCUT2D eigenvalue weighted by Gasteiger charge is -2.31. The highest BCUT2D eigenvalue weighted by molar-refractivity contribution is 6.39. The van der Waals surface area contributed by atoms with Gasteiger partial charge in [-0.2, -0.15) is 5.10 Å². The minimum Gasteiger partial charge on any atom is -0.371 e. The van der Waals surface area contributed by atoms with Gasteiger partial charge in [0.05, 0.1) is 0 Å². The highest BCUT2D eigenvalue weighted by atomic mass is 16.2. The summed E-state index contributed by atoms with van der Waals surface area (Å²) in [6.07, 6.45) is 4.50. The van der Waals surface area contributed by atoms with E-state index in [1.807, 2.05) is 6.07 Å². The number of carbonyl (C=O) groups excluding carboxylic acids is 2. The van der Waals surface area contributed by atoms with Crippen LogP contribution >= 0.6 is 0 Å². The van der Waals surface area contributed by atoms with Gasteiger partial charge in [0.25, 0.3) is 5.91 Å². The normalized spacial score (nSPS) is 18.2. The number of hydrogen-bond donors (Lipinski definition) is 0. The van der Waals surface area contributed by atoms with Crippen molar-refractivity contribution in [2.75, 3.05) is 32.1 Å². The van der Waals surface area contributed by atoms with Crippen LogP contribution in [0.1, 0.15) is 37.7 Å². The Balaban J connectivity index is 1.72. The number of rotatable bonds is 4. The van der Waals surface area contributed by atoms with Crippen LogP contribution in [0.2, 0.25) is 0 Å². The molecule has 1 saturated heterocycles. The molecule has 0 aromatic heterocycles. The Morgan fingerprint density at radius 3 is 2.60 bits per heavy atom. The molecule has 0 N–H and O–H groups in total. The van der Waals surface area contributed by atoms with Gasteiger partial charge in [0.1, 0.15) is 5.71 Å². The van der Waals surface area contributed by atoms with Gasteiger partial charge in [-0.25, -0.2) is 5.01 Å². The molecule has 6 nitrogen and oxygen atoms in total. The van der Waals surface area contributed by atoms with Crippen molar-refractivity contribution in [3.63, 3.8) is 0 Å². The average molecular weight is 342 g/mol. The largest absolute Gasteiger partial charge is 0.371 e. The number of nitrogens with zero attached hydrogens (tertiary/aromatic N) is 4. The fourth-order valence-corrected chi connectivity index (χ4v) is 3.46. The number of para-hydroxylation sites is 1. The molecule has 2 heterocycles. The van der Waals surface area contributed by atoms with Gasteiger partial charge in [-0.1, -0.05) is 18.2 Å². The van der Waals surface area contributed by atoms with E-state index >= 15 is 0 Å². The van der Waals surface area contributed by atoms with Gasteiger partial charge >= 0.3 is 0 Å². The zero-order valence-electron chi connectivity index (χ0n) is 15.1. The monoisotopic (exact) mass is 342 g/mol. The fourth-order valence-electron chi connectivity index (χ4n) is 3.46. The van der Waals surface area contributed by atoms with Gasteiger partial charge in [0.2, 0.25) is 5.91 Å². The molecule has 2 aliphatic heterocycles. The van der Waals surface area contributed by atoms with Crippen molar-refractivity contribution >= 4 is 23.2 Å². The summed E-state index contributed by atoms with van der Waals surface area (Å²) in [5, 5.41) is 5.41. The summed E-state index contributed by atoms with van der Waals surface area (Å²) in [6, 6.07) is 8.31. The average Bonchev–Trinajstić information content (AvgIpc) is 2.64. The Bertz CT molecular complexity index is 680. The molecule has 0 unspecified atom stereocenters. The molecule has 0 spiro atoms. The van der Waals surface area contributed by atoms with Crippen molar-refractivity contribution < 1.29 is 9.59 Å². The van der Waals surface area contributed by atoms with Crippen LogP contribution in [-0.2, 0) is 16.1 Å². The highest BCUT2D eigenvalue weighted by Gasteiger charge is 2.25. The predicted octanol–water partition coefficient (Wildman–Crippen LogP) is 2.24. The fraction of sp³-hybridized carbons (Fsp3) is 0.526. The number of carbonyl (C=O) groups is 2. The molecule has 134 valence electrons. The molecule has 0 aliphatic carbocycles. The van der Waals surface area contributed by atoms with E-state index < -0.39 is 0 Å². The Morgan fingerprint density at radius 2 is 1.88 bits per heavy atom. The van der Waals surface area contributed by atoms with E-state index in [1.54, 1.807) is 19.0 Å². The number of anilines is 1. The summed E-state index contributed by atoms with van der Waals surface area (Å²) in [6.45, 7) is 2.70. The van der Waals surface area contributed by atoms with Crippen LogP contribution in [-0.4, -0.2) is 54.6 Å². The summed E-state index contributed by atoms with van der Waals surface area (Å²) in [5.41, 5.74) is 2.83. The Morgan fingerprint density at radius 1 is 1.16 bits per heavy atom. The van der Waals surface area contributed by atoms with Crippen molar-refractivity contribution in [3.05, 3.63) is 29.8 Å². The standard InChI is InChI=1S/C19H26N4O2/c1-21(19(25)16-10-11-18(24)22(2)20-16)14-15-8-4-5-9-17(15)23-12-6-3-7-13-23/h4-5,8-9H,3,6-7,10-14H2,1-2H3. The third-order valence-corrected chi connectivity index (χ3v) is 4.90. The van der Waals surface area contributed by atoms with E-state index in [0.717, 1.165) is 18.7 Å². The van der Waals surface area contributed by atoms with E-state index in [0.29, 0.717) is 25.1 Å². The molecular formula is C19H26N4O2. The van der Waals surface area contributed by atoms with Crippen molar-refractivity contribution in [1.82, 2.24) is 9.91 Å². The van der Waals surface area contributed by atoms with E-state index in [4.69, 9.17) is 0 Å². The number of benzene rings is 1. The molecule has 25 heavy (non-hydrogen) atoms. The molecule has 0 saturated carbocycles. The maximum Gasteiger partial charge on any atom is 0.270 e. The van der Waals surface area contributed by atoms with Crippen molar-refractivity contribution in [2.45, 2.75) is 38.6 Å². The number of amides is 2. The topological polar surface area (TPSA) is 56.2 Å². The summed E-state index contributed by atoms with van der Waals surface area (Å²) in [4.78, 5) is 28.3. The van der Waals surface area contributed by atoms with E-state index in [-0.39, 0.29) is 11.8 Å². The Labute approximate surface area is 149 Å². The van der Waals surface area contributed by atoms with E-state index in [9.17, 15) is 9.59 Å². The zero-order chi connectivity index (χ0) is 17.8. The molecule has 3 rings (SSSR count). The predicted molar refractivity (Wildman–Crippen MR) is 98.4 cm³/mol. The first-order chi connectivity index (χ1) is 12.1. The third-order valence-electron chi connectivity index (χ3n) is 4.90. The minimum absolute atomic E-state index is 0.0466. The number of piperidine rings is 1. The van der Waals surface area contributed by atoms with Crippen LogP contribution in [0, 0.1) is 0 Å². The van der Waals surface area contributed by atoms with Crippen molar-refractivity contribution in [2.24, 2.45) is 5.10 Å². The van der Waals surface area contributed by atoms with Crippen LogP contribution in [0.4, 0.5) is 5.69 Å². The summed E-state index contributed by atoms with van der Waals surface area (Å²) < 4.78 is 0. The molecule has 0 radical (unpaired) electrons. The van der Waals surface area contributed by atoms with Gasteiger partial charge in [0, 0.05) is 52.3 Å². The van der Waals surface area contributed by atoms with Crippen LogP contribution in [0.15, 0.2) is 29.4 Å². The third kappa shape index (κ3) is 4.00. The van der Waals surface area contributed by atoms with E-state index in [2.05, 4.69) is 28.2 Å². The van der Waals surface area contributed by atoms with Crippen molar-refractivity contribution in [3.8, 4) is 0 Å². The lowest BCUT2D eigenvalue weighted by Crippen LogP contribution is -2.38. The van der Waals surface area contributed by atoms with Crippen LogP contribution < -0.4 is 4.90 Å². The van der Waals surface area contributed by atoms with Gasteiger partial charge in [-0.15, -0.1) is 0 Å². The molecular weight excluding hydrogens is 316 g/mol. The van der Waals surface area contributed by atoms with Gasteiger partial charge < -0.3 is 9.80 Å². The number of hydrazone groups is 1. The molecule has 1 aromatic rings. The van der Waals surface area contributed by atoms with Gasteiger partial charge in [-0.3, -0.25) is 9.59 Å². The molecule has 0 bridgehead atoms. The van der Waals surface area contributed by atoms with Crippen LogP contribution in [0.25, 0.3) is 0 Å². The Kier molecular flexibility index (Phi) is 5.36.